The Labute approximate surface area is 137 Å². The van der Waals surface area contributed by atoms with Gasteiger partial charge in [-0.15, -0.1) is 0 Å². The zero-order valence-electron chi connectivity index (χ0n) is 13.8. The number of aromatic nitrogens is 2. The van der Waals surface area contributed by atoms with E-state index in [-0.39, 0.29) is 5.41 Å². The standard InChI is InChI=1S/C20H23N3/c1-20(2,14-22-18-9-11-23-12-10-21-19(18)23)17-8-7-15-5-3-4-6-16(15)13-17/h3-8,10,12-13,18,22H,9,11,14H2,1-2H3. The number of hydrogen-bond acceptors (Lipinski definition) is 2. The number of hydrogen-bond donors (Lipinski definition) is 1. The minimum Gasteiger partial charge on any atom is -0.334 e. The van der Waals surface area contributed by atoms with Gasteiger partial charge >= 0.3 is 0 Å². The lowest BCUT2D eigenvalue weighted by Crippen LogP contribution is -2.35. The molecule has 3 heteroatoms. The van der Waals surface area contributed by atoms with E-state index in [9.17, 15) is 0 Å². The first-order chi connectivity index (χ1) is 11.1. The van der Waals surface area contributed by atoms with Crippen molar-refractivity contribution in [2.24, 2.45) is 0 Å². The molecule has 0 saturated carbocycles. The molecule has 2 heterocycles. The summed E-state index contributed by atoms with van der Waals surface area (Å²) in [5.41, 5.74) is 1.47. The first kappa shape index (κ1) is 14.5. The van der Waals surface area contributed by atoms with Crippen LogP contribution in [-0.2, 0) is 12.0 Å². The molecule has 1 aliphatic heterocycles. The third-order valence-electron chi connectivity index (χ3n) is 5.04. The van der Waals surface area contributed by atoms with Crippen LogP contribution in [-0.4, -0.2) is 16.1 Å². The first-order valence-corrected chi connectivity index (χ1v) is 8.37. The smallest absolute Gasteiger partial charge is 0.125 e. The van der Waals surface area contributed by atoms with E-state index in [2.05, 4.69) is 77.4 Å². The summed E-state index contributed by atoms with van der Waals surface area (Å²) in [4.78, 5) is 4.49. The maximum absolute atomic E-state index is 4.49. The van der Waals surface area contributed by atoms with Gasteiger partial charge in [0, 0.05) is 30.9 Å². The number of imidazole rings is 1. The summed E-state index contributed by atoms with van der Waals surface area (Å²) in [7, 11) is 0. The van der Waals surface area contributed by atoms with Crippen molar-refractivity contribution in [3.05, 3.63) is 66.2 Å². The number of benzene rings is 2. The van der Waals surface area contributed by atoms with Crippen LogP contribution in [0.15, 0.2) is 54.9 Å². The summed E-state index contributed by atoms with van der Waals surface area (Å²) in [6.45, 7) is 6.64. The molecule has 1 aromatic heterocycles. The van der Waals surface area contributed by atoms with Gasteiger partial charge in [0.05, 0.1) is 6.04 Å². The summed E-state index contributed by atoms with van der Waals surface area (Å²) < 4.78 is 2.25. The third-order valence-corrected chi connectivity index (χ3v) is 5.04. The summed E-state index contributed by atoms with van der Waals surface area (Å²) >= 11 is 0. The molecule has 1 atom stereocenters. The van der Waals surface area contributed by atoms with Crippen molar-refractivity contribution in [3.8, 4) is 0 Å². The second-order valence-corrected chi connectivity index (χ2v) is 7.15. The van der Waals surface area contributed by atoms with Gasteiger partial charge in [-0.1, -0.05) is 56.3 Å². The predicted molar refractivity (Wildman–Crippen MR) is 94.6 cm³/mol. The molecule has 0 bridgehead atoms. The fraction of sp³-hybridized carbons (Fsp3) is 0.350. The van der Waals surface area contributed by atoms with E-state index in [1.165, 1.54) is 22.2 Å². The van der Waals surface area contributed by atoms with Gasteiger partial charge < -0.3 is 9.88 Å². The monoisotopic (exact) mass is 305 g/mol. The molecular formula is C20H23N3. The molecule has 2 aromatic carbocycles. The first-order valence-electron chi connectivity index (χ1n) is 8.37. The fourth-order valence-electron chi connectivity index (χ4n) is 3.50. The molecule has 0 fully saturated rings. The van der Waals surface area contributed by atoms with Crippen LogP contribution in [0, 0.1) is 0 Å². The number of aryl methyl sites for hydroxylation is 1. The topological polar surface area (TPSA) is 29.9 Å². The molecule has 1 aliphatic rings. The van der Waals surface area contributed by atoms with Gasteiger partial charge in [0.1, 0.15) is 5.82 Å². The Kier molecular flexibility index (Phi) is 3.46. The van der Waals surface area contributed by atoms with E-state index in [1.807, 2.05) is 6.20 Å². The highest BCUT2D eigenvalue weighted by Gasteiger charge is 2.27. The molecule has 4 rings (SSSR count). The van der Waals surface area contributed by atoms with E-state index in [1.54, 1.807) is 0 Å². The Morgan fingerprint density at radius 3 is 2.87 bits per heavy atom. The number of fused-ring (bicyclic) bond motifs is 2. The highest BCUT2D eigenvalue weighted by atomic mass is 15.1. The van der Waals surface area contributed by atoms with Crippen LogP contribution < -0.4 is 5.32 Å². The lowest BCUT2D eigenvalue weighted by Gasteiger charge is -2.28. The van der Waals surface area contributed by atoms with Crippen molar-refractivity contribution in [2.45, 2.75) is 38.3 Å². The van der Waals surface area contributed by atoms with Crippen molar-refractivity contribution in [2.75, 3.05) is 6.54 Å². The van der Waals surface area contributed by atoms with Crippen LogP contribution in [0.3, 0.4) is 0 Å². The highest BCUT2D eigenvalue weighted by molar-refractivity contribution is 5.83. The SMILES string of the molecule is CC(C)(CNC1CCn2ccnc21)c1ccc2ccccc2c1. The van der Waals surface area contributed by atoms with Crippen LogP contribution in [0.25, 0.3) is 10.8 Å². The Hall–Kier alpha value is -2.13. The van der Waals surface area contributed by atoms with Gasteiger partial charge in [0.15, 0.2) is 0 Å². The maximum atomic E-state index is 4.49. The van der Waals surface area contributed by atoms with Gasteiger partial charge in [-0.3, -0.25) is 0 Å². The molecule has 0 amide bonds. The third kappa shape index (κ3) is 2.66. The van der Waals surface area contributed by atoms with Crippen molar-refractivity contribution in [1.82, 2.24) is 14.9 Å². The second-order valence-electron chi connectivity index (χ2n) is 7.15. The molecule has 1 unspecified atom stereocenters. The molecular weight excluding hydrogens is 282 g/mol. The molecule has 3 nitrogen and oxygen atoms in total. The zero-order valence-corrected chi connectivity index (χ0v) is 13.8. The van der Waals surface area contributed by atoms with E-state index in [0.29, 0.717) is 6.04 Å². The second kappa shape index (κ2) is 5.50. The Bertz CT molecular complexity index is 832. The van der Waals surface area contributed by atoms with Gasteiger partial charge in [0.2, 0.25) is 0 Å². The predicted octanol–water partition coefficient (Wildman–Crippen LogP) is 4.05. The molecule has 0 aliphatic carbocycles. The van der Waals surface area contributed by atoms with Gasteiger partial charge in [-0.25, -0.2) is 4.98 Å². The Morgan fingerprint density at radius 1 is 1.17 bits per heavy atom. The van der Waals surface area contributed by atoms with Crippen LogP contribution >= 0.6 is 0 Å². The minimum atomic E-state index is 0.0873. The summed E-state index contributed by atoms with van der Waals surface area (Å²) in [6, 6.07) is 15.8. The Morgan fingerprint density at radius 2 is 2.00 bits per heavy atom. The van der Waals surface area contributed by atoms with Crippen molar-refractivity contribution in [3.63, 3.8) is 0 Å². The summed E-state index contributed by atoms with van der Waals surface area (Å²) in [5.74, 6) is 1.18. The summed E-state index contributed by atoms with van der Waals surface area (Å²) in [6.07, 6.45) is 5.11. The zero-order chi connectivity index (χ0) is 15.9. The van der Waals surface area contributed by atoms with Crippen LogP contribution in [0.1, 0.15) is 37.7 Å². The van der Waals surface area contributed by atoms with E-state index >= 15 is 0 Å². The van der Waals surface area contributed by atoms with Crippen LogP contribution in [0.5, 0.6) is 0 Å². The largest absolute Gasteiger partial charge is 0.334 e. The minimum absolute atomic E-state index is 0.0873. The van der Waals surface area contributed by atoms with E-state index in [0.717, 1.165) is 19.5 Å². The van der Waals surface area contributed by atoms with Gasteiger partial charge in [0.25, 0.3) is 0 Å². The quantitative estimate of drug-likeness (QED) is 0.788. The van der Waals surface area contributed by atoms with E-state index < -0.39 is 0 Å². The van der Waals surface area contributed by atoms with Crippen LogP contribution in [0.2, 0.25) is 0 Å². The number of nitrogens with one attached hydrogen (secondary N) is 1. The molecule has 1 N–H and O–H groups in total. The van der Waals surface area contributed by atoms with Crippen molar-refractivity contribution in [1.29, 1.82) is 0 Å². The Balaban J connectivity index is 1.52. The molecule has 3 aromatic rings. The van der Waals surface area contributed by atoms with Gasteiger partial charge in [-0.2, -0.15) is 0 Å². The maximum Gasteiger partial charge on any atom is 0.125 e. The average Bonchev–Trinajstić information content (AvgIpc) is 3.16. The normalized spacial score (nSPS) is 17.6. The summed E-state index contributed by atoms with van der Waals surface area (Å²) in [5, 5.41) is 6.35. The lowest BCUT2D eigenvalue weighted by molar-refractivity contribution is 0.418. The van der Waals surface area contributed by atoms with Crippen molar-refractivity contribution < 1.29 is 0 Å². The average molecular weight is 305 g/mol. The molecule has 118 valence electrons. The van der Waals surface area contributed by atoms with Gasteiger partial charge in [-0.05, 0) is 22.8 Å². The molecule has 0 saturated heterocycles. The molecule has 23 heavy (non-hydrogen) atoms. The van der Waals surface area contributed by atoms with Crippen LogP contribution in [0.4, 0.5) is 0 Å². The highest BCUT2D eigenvalue weighted by Crippen LogP contribution is 2.29. The van der Waals surface area contributed by atoms with Crippen molar-refractivity contribution >= 4 is 10.8 Å². The number of nitrogens with zero attached hydrogens (tertiary/aromatic N) is 2. The number of rotatable bonds is 4. The fourth-order valence-corrected chi connectivity index (χ4v) is 3.50. The lowest BCUT2D eigenvalue weighted by atomic mass is 9.83. The molecule has 0 spiro atoms. The van der Waals surface area contributed by atoms with E-state index in [4.69, 9.17) is 0 Å². The molecule has 0 radical (unpaired) electrons.